The van der Waals surface area contributed by atoms with Crippen molar-refractivity contribution in [3.63, 3.8) is 0 Å². The fourth-order valence-corrected chi connectivity index (χ4v) is 4.32. The largest absolute Gasteiger partial charge is 0.450 e. The summed E-state index contributed by atoms with van der Waals surface area (Å²) >= 11 is 3.05. The summed E-state index contributed by atoms with van der Waals surface area (Å²) in [5, 5.41) is 8.92. The number of nitrogens with one attached hydrogen (secondary N) is 1. The Morgan fingerprint density at radius 3 is 2.89 bits per heavy atom. The molecular formula is C11H16BrNO4S. The number of furan rings is 1. The lowest BCUT2D eigenvalue weighted by molar-refractivity contribution is 0.245. The molecule has 0 aliphatic heterocycles. The van der Waals surface area contributed by atoms with Gasteiger partial charge in [-0.25, -0.2) is 13.1 Å². The molecule has 2 N–H and O–H groups in total. The van der Waals surface area contributed by atoms with Crippen molar-refractivity contribution >= 4 is 26.0 Å². The van der Waals surface area contributed by atoms with Crippen molar-refractivity contribution in [2.75, 3.05) is 0 Å². The third-order valence-electron chi connectivity index (χ3n) is 3.04. The summed E-state index contributed by atoms with van der Waals surface area (Å²) < 4.78 is 32.1. The lowest BCUT2D eigenvalue weighted by atomic mass is 10.2. The molecule has 1 aliphatic rings. The molecule has 2 rings (SSSR count). The normalized spacial score (nSPS) is 23.3. The third-order valence-corrected chi connectivity index (χ3v) is 5.39. The average molecular weight is 338 g/mol. The summed E-state index contributed by atoms with van der Waals surface area (Å²) in [6, 6.07) is 1.37. The molecule has 0 bridgehead atoms. The van der Waals surface area contributed by atoms with E-state index in [4.69, 9.17) is 9.52 Å². The summed E-state index contributed by atoms with van der Waals surface area (Å²) in [5.74, 6) is 0.677. The zero-order valence-electron chi connectivity index (χ0n) is 10.0. The topological polar surface area (TPSA) is 79.5 Å². The molecular weight excluding hydrogens is 322 g/mol. The van der Waals surface area contributed by atoms with Crippen LogP contribution in [0.2, 0.25) is 0 Å². The van der Waals surface area contributed by atoms with E-state index in [9.17, 15) is 8.42 Å². The summed E-state index contributed by atoms with van der Waals surface area (Å²) in [7, 11) is -3.57. The molecule has 0 amide bonds. The second kappa shape index (κ2) is 5.32. The number of hydrogen-bond donors (Lipinski definition) is 2. The van der Waals surface area contributed by atoms with E-state index < -0.39 is 10.0 Å². The number of rotatable bonds is 6. The maximum absolute atomic E-state index is 12.1. The van der Waals surface area contributed by atoms with Crippen molar-refractivity contribution in [1.29, 1.82) is 0 Å². The standard InChI is InChI=1S/C11H16BrNO4S/c1-2-3-7-4-9(7)13-18(15,16)10-5-8(6-14)17-11(10)12/h5,7,9,13-14H,2-4,6H2,1H3. The van der Waals surface area contributed by atoms with Crippen molar-refractivity contribution in [3.05, 3.63) is 16.5 Å². The minimum absolute atomic E-state index is 0.0364. The quantitative estimate of drug-likeness (QED) is 0.832. The molecule has 1 aromatic rings. The third kappa shape index (κ3) is 2.96. The molecule has 0 radical (unpaired) electrons. The lowest BCUT2D eigenvalue weighted by Gasteiger charge is -2.04. The van der Waals surface area contributed by atoms with Crippen LogP contribution in [0.15, 0.2) is 20.0 Å². The predicted octanol–water partition coefficient (Wildman–Crippen LogP) is 2.00. The smallest absolute Gasteiger partial charge is 0.245 e. The Bertz CT molecular complexity index is 525. The van der Waals surface area contributed by atoms with Crippen molar-refractivity contribution in [3.8, 4) is 0 Å². The first kappa shape index (κ1) is 14.0. The van der Waals surface area contributed by atoms with Crippen LogP contribution >= 0.6 is 15.9 Å². The zero-order valence-corrected chi connectivity index (χ0v) is 12.4. The molecule has 1 saturated carbocycles. The van der Waals surface area contributed by atoms with E-state index in [-0.39, 0.29) is 28.0 Å². The highest BCUT2D eigenvalue weighted by Crippen LogP contribution is 2.36. The molecule has 0 spiro atoms. The first-order valence-corrected chi connectivity index (χ1v) is 8.17. The van der Waals surface area contributed by atoms with Gasteiger partial charge < -0.3 is 9.52 Å². The highest BCUT2D eigenvalue weighted by Gasteiger charge is 2.40. The number of aliphatic hydroxyl groups excluding tert-OH is 1. The van der Waals surface area contributed by atoms with Gasteiger partial charge in [0.25, 0.3) is 0 Å². The number of hydrogen-bond acceptors (Lipinski definition) is 4. The monoisotopic (exact) mass is 337 g/mol. The van der Waals surface area contributed by atoms with E-state index in [0.29, 0.717) is 5.92 Å². The lowest BCUT2D eigenvalue weighted by Crippen LogP contribution is -2.27. The van der Waals surface area contributed by atoms with E-state index in [1.807, 2.05) is 0 Å². The van der Waals surface area contributed by atoms with Crippen LogP contribution in [0.5, 0.6) is 0 Å². The molecule has 5 nitrogen and oxygen atoms in total. The Labute approximate surface area is 115 Å². The van der Waals surface area contributed by atoms with Gasteiger partial charge in [-0.2, -0.15) is 0 Å². The first-order chi connectivity index (χ1) is 8.47. The molecule has 0 saturated heterocycles. The molecule has 1 heterocycles. The zero-order chi connectivity index (χ0) is 13.3. The Hall–Kier alpha value is -0.370. The van der Waals surface area contributed by atoms with Crippen LogP contribution in [-0.4, -0.2) is 19.6 Å². The SMILES string of the molecule is CCCC1CC1NS(=O)(=O)c1cc(CO)oc1Br. The first-order valence-electron chi connectivity index (χ1n) is 5.89. The molecule has 2 atom stereocenters. The van der Waals surface area contributed by atoms with Crippen LogP contribution in [-0.2, 0) is 16.6 Å². The molecule has 7 heteroatoms. The van der Waals surface area contributed by atoms with E-state index in [2.05, 4.69) is 27.6 Å². The predicted molar refractivity (Wildman–Crippen MR) is 69.5 cm³/mol. The van der Waals surface area contributed by atoms with Crippen molar-refractivity contribution < 1.29 is 17.9 Å². The minimum Gasteiger partial charge on any atom is -0.450 e. The Kier molecular flexibility index (Phi) is 4.15. The summed E-state index contributed by atoms with van der Waals surface area (Å²) in [6.45, 7) is 1.76. The van der Waals surface area contributed by atoms with Crippen molar-refractivity contribution in [2.45, 2.75) is 43.7 Å². The van der Waals surface area contributed by atoms with E-state index in [1.54, 1.807) is 0 Å². The maximum atomic E-state index is 12.1. The van der Waals surface area contributed by atoms with Gasteiger partial charge in [-0.15, -0.1) is 0 Å². The molecule has 1 fully saturated rings. The van der Waals surface area contributed by atoms with Gasteiger partial charge >= 0.3 is 0 Å². The van der Waals surface area contributed by atoms with Gasteiger partial charge in [0.15, 0.2) is 4.67 Å². The van der Waals surface area contributed by atoms with Crippen LogP contribution in [0, 0.1) is 5.92 Å². The fraction of sp³-hybridized carbons (Fsp3) is 0.636. The van der Waals surface area contributed by atoms with Gasteiger partial charge in [0, 0.05) is 12.1 Å². The number of sulfonamides is 1. The van der Waals surface area contributed by atoms with E-state index >= 15 is 0 Å². The Balaban J connectivity index is 2.09. The van der Waals surface area contributed by atoms with E-state index in [1.165, 1.54) is 6.07 Å². The second-order valence-electron chi connectivity index (χ2n) is 4.52. The number of halogens is 1. The van der Waals surface area contributed by atoms with Crippen LogP contribution in [0.3, 0.4) is 0 Å². The van der Waals surface area contributed by atoms with Crippen LogP contribution in [0.1, 0.15) is 31.9 Å². The highest BCUT2D eigenvalue weighted by molar-refractivity contribution is 9.10. The average Bonchev–Trinajstić information content (AvgIpc) is 2.88. The van der Waals surface area contributed by atoms with Gasteiger partial charge in [0.05, 0.1) is 0 Å². The van der Waals surface area contributed by atoms with Gasteiger partial charge in [0.2, 0.25) is 10.0 Å². The summed E-state index contributed by atoms with van der Waals surface area (Å²) in [6.07, 6.45) is 3.00. The fourth-order valence-electron chi connectivity index (χ4n) is 2.00. The Morgan fingerprint density at radius 1 is 1.61 bits per heavy atom. The Morgan fingerprint density at radius 2 is 2.33 bits per heavy atom. The van der Waals surface area contributed by atoms with Crippen LogP contribution in [0.25, 0.3) is 0 Å². The molecule has 102 valence electrons. The molecule has 1 aliphatic carbocycles. The summed E-state index contributed by atoms with van der Waals surface area (Å²) in [5.41, 5.74) is 0. The molecule has 2 unspecified atom stereocenters. The molecule has 0 aromatic carbocycles. The van der Waals surface area contributed by atoms with Gasteiger partial charge in [-0.05, 0) is 34.7 Å². The summed E-state index contributed by atoms with van der Waals surface area (Å²) in [4.78, 5) is 0.0497. The molecule has 18 heavy (non-hydrogen) atoms. The highest BCUT2D eigenvalue weighted by atomic mass is 79.9. The van der Waals surface area contributed by atoms with Gasteiger partial charge in [-0.1, -0.05) is 13.3 Å². The minimum atomic E-state index is -3.57. The van der Waals surface area contributed by atoms with E-state index in [0.717, 1.165) is 19.3 Å². The second-order valence-corrected chi connectivity index (χ2v) is 6.92. The number of aliphatic hydroxyl groups is 1. The van der Waals surface area contributed by atoms with Gasteiger partial charge in [0.1, 0.15) is 17.3 Å². The maximum Gasteiger partial charge on any atom is 0.245 e. The molecule has 1 aromatic heterocycles. The van der Waals surface area contributed by atoms with Crippen LogP contribution in [0.4, 0.5) is 0 Å². The van der Waals surface area contributed by atoms with Gasteiger partial charge in [-0.3, -0.25) is 0 Å². The van der Waals surface area contributed by atoms with Crippen LogP contribution < -0.4 is 4.72 Å². The van der Waals surface area contributed by atoms with Crippen molar-refractivity contribution in [2.24, 2.45) is 5.92 Å². The van der Waals surface area contributed by atoms with Crippen molar-refractivity contribution in [1.82, 2.24) is 4.72 Å².